The molecule has 114 valence electrons. The normalized spacial score (nSPS) is 17.5. The fourth-order valence-electron chi connectivity index (χ4n) is 2.71. The Kier molecular flexibility index (Phi) is 4.96. The van der Waals surface area contributed by atoms with Gasteiger partial charge >= 0.3 is 0 Å². The van der Waals surface area contributed by atoms with Crippen molar-refractivity contribution < 1.29 is 19.6 Å². The Morgan fingerprint density at radius 2 is 1.71 bits per heavy atom. The van der Waals surface area contributed by atoms with E-state index in [1.165, 1.54) is 12.1 Å². The van der Waals surface area contributed by atoms with Crippen LogP contribution in [-0.2, 0) is 0 Å². The van der Waals surface area contributed by atoms with Gasteiger partial charge in [0.05, 0.1) is 38.2 Å². The summed E-state index contributed by atoms with van der Waals surface area (Å²) in [6.45, 7) is 7.87. The second kappa shape index (κ2) is 6.72. The van der Waals surface area contributed by atoms with Gasteiger partial charge in [0.2, 0.25) is 0 Å². The molecule has 5 heteroatoms. The van der Waals surface area contributed by atoms with Gasteiger partial charge in [0.25, 0.3) is 5.91 Å². The fourth-order valence-corrected chi connectivity index (χ4v) is 2.71. The molecule has 1 aliphatic rings. The van der Waals surface area contributed by atoms with E-state index in [-0.39, 0.29) is 11.5 Å². The van der Waals surface area contributed by atoms with Crippen LogP contribution >= 0.6 is 0 Å². The van der Waals surface area contributed by atoms with Crippen LogP contribution in [0.15, 0.2) is 24.3 Å². The topological polar surface area (TPSA) is 64.9 Å². The summed E-state index contributed by atoms with van der Waals surface area (Å²) in [5.41, 5.74) is 0.629. The molecule has 21 heavy (non-hydrogen) atoms. The zero-order chi connectivity index (χ0) is 15.4. The maximum absolute atomic E-state index is 12.4. The number of amides is 1. The van der Waals surface area contributed by atoms with Crippen molar-refractivity contribution in [2.75, 3.05) is 26.2 Å². The quantitative estimate of drug-likeness (QED) is 0.789. The first kappa shape index (κ1) is 15.5. The van der Waals surface area contributed by atoms with Crippen LogP contribution in [0.4, 0.5) is 0 Å². The predicted octanol–water partition coefficient (Wildman–Crippen LogP) is -0.811. The minimum atomic E-state index is -1.22. The minimum absolute atomic E-state index is 0.0249. The molecule has 1 aliphatic heterocycles. The highest BCUT2D eigenvalue weighted by molar-refractivity contribution is 5.95. The molecular weight excluding hydrogens is 268 g/mol. The summed E-state index contributed by atoms with van der Waals surface area (Å²) in [5.74, 6) is -1.25. The van der Waals surface area contributed by atoms with E-state index in [9.17, 15) is 14.7 Å². The van der Waals surface area contributed by atoms with Gasteiger partial charge in [0.1, 0.15) is 0 Å². The van der Waals surface area contributed by atoms with Crippen molar-refractivity contribution in [3.05, 3.63) is 35.4 Å². The van der Waals surface area contributed by atoms with E-state index in [0.29, 0.717) is 11.6 Å². The molecular formula is C16H22N2O3. The number of piperazine rings is 1. The molecule has 2 rings (SSSR count). The number of quaternary nitrogens is 1. The summed E-state index contributed by atoms with van der Waals surface area (Å²) in [5, 5.41) is 10.7. The van der Waals surface area contributed by atoms with Crippen molar-refractivity contribution >= 4 is 11.9 Å². The van der Waals surface area contributed by atoms with E-state index in [4.69, 9.17) is 0 Å². The Hall–Kier alpha value is -1.88. The van der Waals surface area contributed by atoms with Gasteiger partial charge in [-0.15, -0.1) is 0 Å². The average Bonchev–Trinajstić information content (AvgIpc) is 2.53. The molecule has 1 N–H and O–H groups in total. The molecule has 0 radical (unpaired) electrons. The largest absolute Gasteiger partial charge is 0.545 e. The molecule has 0 bridgehead atoms. The summed E-state index contributed by atoms with van der Waals surface area (Å²) in [4.78, 5) is 26.5. The van der Waals surface area contributed by atoms with E-state index in [1.54, 1.807) is 17.0 Å². The number of carbonyl (C=O) groups excluding carboxylic acids is 2. The predicted molar refractivity (Wildman–Crippen MR) is 77.1 cm³/mol. The lowest BCUT2D eigenvalue weighted by atomic mass is 10.1. The monoisotopic (exact) mass is 290 g/mol. The van der Waals surface area contributed by atoms with Gasteiger partial charge in [-0.05, 0) is 31.0 Å². The molecule has 1 amide bonds. The lowest BCUT2D eigenvalue weighted by Crippen LogP contribution is -3.17. The first-order chi connectivity index (χ1) is 10.0. The van der Waals surface area contributed by atoms with E-state index in [1.807, 2.05) is 4.90 Å². The number of carboxylic acid groups (broad SMARTS) is 1. The van der Waals surface area contributed by atoms with Crippen molar-refractivity contribution in [3.8, 4) is 0 Å². The SMILES string of the molecule is CC[C@@H](C)[NH+]1CCN(C(=O)c2ccc(C(=O)[O-])cc2)CC1. The highest BCUT2D eigenvalue weighted by Crippen LogP contribution is 2.08. The summed E-state index contributed by atoms with van der Waals surface area (Å²) < 4.78 is 0. The van der Waals surface area contributed by atoms with Gasteiger partial charge in [-0.2, -0.15) is 0 Å². The molecule has 0 aliphatic carbocycles. The Balaban J connectivity index is 1.97. The molecule has 1 saturated heterocycles. The summed E-state index contributed by atoms with van der Waals surface area (Å²) in [7, 11) is 0. The van der Waals surface area contributed by atoms with Crippen LogP contribution in [0, 0.1) is 0 Å². The third-order valence-electron chi connectivity index (χ3n) is 4.37. The summed E-state index contributed by atoms with van der Waals surface area (Å²) in [6.07, 6.45) is 1.15. The molecule has 0 aromatic heterocycles. The van der Waals surface area contributed by atoms with Crippen LogP contribution in [0.5, 0.6) is 0 Å². The average molecular weight is 290 g/mol. The first-order valence-corrected chi connectivity index (χ1v) is 7.48. The van der Waals surface area contributed by atoms with Gasteiger partial charge in [-0.1, -0.05) is 19.1 Å². The van der Waals surface area contributed by atoms with E-state index >= 15 is 0 Å². The smallest absolute Gasteiger partial charge is 0.254 e. The summed E-state index contributed by atoms with van der Waals surface area (Å²) >= 11 is 0. The van der Waals surface area contributed by atoms with Crippen LogP contribution in [0.2, 0.25) is 0 Å². The van der Waals surface area contributed by atoms with Crippen LogP contribution in [-0.4, -0.2) is 49.0 Å². The second-order valence-electron chi connectivity index (χ2n) is 5.62. The van der Waals surface area contributed by atoms with Crippen LogP contribution in [0.3, 0.4) is 0 Å². The first-order valence-electron chi connectivity index (χ1n) is 7.48. The maximum atomic E-state index is 12.4. The number of benzene rings is 1. The summed E-state index contributed by atoms with van der Waals surface area (Å²) in [6, 6.07) is 6.58. The van der Waals surface area contributed by atoms with Crippen molar-refractivity contribution in [2.45, 2.75) is 26.3 Å². The van der Waals surface area contributed by atoms with Gasteiger partial charge in [0, 0.05) is 5.56 Å². The third-order valence-corrected chi connectivity index (χ3v) is 4.37. The minimum Gasteiger partial charge on any atom is -0.545 e. The fraction of sp³-hybridized carbons (Fsp3) is 0.500. The molecule has 0 saturated carbocycles. The van der Waals surface area contributed by atoms with E-state index in [0.717, 1.165) is 32.6 Å². The Morgan fingerprint density at radius 1 is 1.19 bits per heavy atom. The molecule has 1 heterocycles. The van der Waals surface area contributed by atoms with Crippen LogP contribution in [0.25, 0.3) is 0 Å². The number of hydrogen-bond donors (Lipinski definition) is 1. The zero-order valence-corrected chi connectivity index (χ0v) is 12.6. The number of nitrogens with one attached hydrogen (secondary N) is 1. The Labute approximate surface area is 125 Å². The number of rotatable bonds is 4. The molecule has 1 aromatic carbocycles. The number of aromatic carboxylic acids is 1. The van der Waals surface area contributed by atoms with Gasteiger partial charge in [0.15, 0.2) is 0 Å². The van der Waals surface area contributed by atoms with Gasteiger partial charge < -0.3 is 19.7 Å². The maximum Gasteiger partial charge on any atom is 0.254 e. The molecule has 5 nitrogen and oxygen atoms in total. The number of carbonyl (C=O) groups is 2. The lowest BCUT2D eigenvalue weighted by molar-refractivity contribution is -0.927. The van der Waals surface area contributed by atoms with Crippen LogP contribution in [0.1, 0.15) is 41.0 Å². The number of hydrogen-bond acceptors (Lipinski definition) is 3. The van der Waals surface area contributed by atoms with Crippen molar-refractivity contribution in [1.82, 2.24) is 4.90 Å². The third kappa shape index (κ3) is 3.61. The van der Waals surface area contributed by atoms with Crippen molar-refractivity contribution in [3.63, 3.8) is 0 Å². The van der Waals surface area contributed by atoms with E-state index < -0.39 is 5.97 Å². The highest BCUT2D eigenvalue weighted by atomic mass is 16.4. The number of carboxylic acids is 1. The highest BCUT2D eigenvalue weighted by Gasteiger charge is 2.26. The van der Waals surface area contributed by atoms with E-state index in [2.05, 4.69) is 13.8 Å². The molecule has 0 unspecified atom stereocenters. The zero-order valence-electron chi connectivity index (χ0n) is 12.6. The lowest BCUT2D eigenvalue weighted by Gasteiger charge is -2.35. The van der Waals surface area contributed by atoms with Crippen molar-refractivity contribution in [1.29, 1.82) is 0 Å². The van der Waals surface area contributed by atoms with Gasteiger partial charge in [-0.3, -0.25) is 4.79 Å². The molecule has 1 aromatic rings. The molecule has 0 spiro atoms. The van der Waals surface area contributed by atoms with Crippen LogP contribution < -0.4 is 10.0 Å². The number of nitrogens with zero attached hydrogens (tertiary/aromatic N) is 1. The Bertz CT molecular complexity index is 505. The van der Waals surface area contributed by atoms with Crippen molar-refractivity contribution in [2.24, 2.45) is 0 Å². The molecule has 1 atom stereocenters. The standard InChI is InChI=1S/C16H22N2O3/c1-3-12(2)17-8-10-18(11-9-17)15(19)13-4-6-14(7-5-13)16(20)21/h4-7,12H,3,8-11H2,1-2H3,(H,20,21)/t12-/m1/s1. The second-order valence-corrected chi connectivity index (χ2v) is 5.62. The molecule has 1 fully saturated rings. The Morgan fingerprint density at radius 3 is 2.19 bits per heavy atom. The van der Waals surface area contributed by atoms with Gasteiger partial charge in [-0.25, -0.2) is 0 Å².